The fourth-order valence-corrected chi connectivity index (χ4v) is 5.28. The number of carboxylic acids is 1. The highest BCUT2D eigenvalue weighted by Gasteiger charge is 2.15. The smallest absolute Gasteiger partial charge is 0.300 e. The molecule has 0 aliphatic rings. The molecule has 0 bridgehead atoms. The van der Waals surface area contributed by atoms with E-state index in [0.29, 0.717) is 16.1 Å². The Balaban J connectivity index is 0.000000723. The van der Waals surface area contributed by atoms with Gasteiger partial charge in [0.2, 0.25) is 0 Å². The lowest BCUT2D eigenvalue weighted by Gasteiger charge is -2.08. The molecular formula is C30H26N4O4S. The van der Waals surface area contributed by atoms with E-state index in [2.05, 4.69) is 11.1 Å². The third kappa shape index (κ3) is 5.30. The second kappa shape index (κ2) is 10.9. The summed E-state index contributed by atoms with van der Waals surface area (Å²) < 4.78 is 9.88. The number of thiazole rings is 1. The van der Waals surface area contributed by atoms with Crippen LogP contribution >= 0.6 is 11.3 Å². The number of carboxylic acid groups (broad SMARTS) is 1. The van der Waals surface area contributed by atoms with E-state index in [1.54, 1.807) is 4.40 Å². The Kier molecular flexibility index (Phi) is 7.25. The van der Waals surface area contributed by atoms with Crippen LogP contribution in [-0.4, -0.2) is 36.8 Å². The summed E-state index contributed by atoms with van der Waals surface area (Å²) in [5, 5.41) is 12.3. The Morgan fingerprint density at radius 3 is 2.51 bits per heavy atom. The lowest BCUT2D eigenvalue weighted by atomic mass is 10.0. The number of aryl methyl sites for hydroxylation is 1. The van der Waals surface area contributed by atoms with Gasteiger partial charge < -0.3 is 9.84 Å². The number of hydrogen-bond donors (Lipinski definition) is 1. The molecule has 3 heterocycles. The second-order valence-corrected chi connectivity index (χ2v) is 9.79. The van der Waals surface area contributed by atoms with Crippen LogP contribution in [0.1, 0.15) is 25.0 Å². The van der Waals surface area contributed by atoms with Gasteiger partial charge in [0.1, 0.15) is 11.4 Å². The molecule has 0 unspecified atom stereocenters. The van der Waals surface area contributed by atoms with Crippen molar-refractivity contribution in [3.8, 4) is 22.7 Å². The summed E-state index contributed by atoms with van der Waals surface area (Å²) in [6.07, 6.45) is 3.89. The van der Waals surface area contributed by atoms with E-state index in [4.69, 9.17) is 19.7 Å². The van der Waals surface area contributed by atoms with Gasteiger partial charge in [-0.3, -0.25) is 9.59 Å². The second-order valence-electron chi connectivity index (χ2n) is 8.78. The minimum atomic E-state index is -0.833. The number of para-hydroxylation sites is 3. The standard InChI is InChI=1S/C28H22N4O2S.C2H4O2/c1-3-34-24-14-13-19(15-18(24)2)26-20(17-31(30-26)21-9-5-4-6-10-21)16-25-27(33)32-23-12-8-7-11-22(23)29-28(32)35-25;1-2(3)4/h4-17H,3H2,1-2H3;1H3,(H,3,4). The van der Waals surface area contributed by atoms with Crippen LogP contribution in [0.4, 0.5) is 0 Å². The number of aliphatic carboxylic acids is 1. The summed E-state index contributed by atoms with van der Waals surface area (Å²) in [4.78, 5) is 27.7. The molecule has 6 aromatic rings. The van der Waals surface area contributed by atoms with Crippen molar-refractivity contribution in [3.63, 3.8) is 0 Å². The van der Waals surface area contributed by atoms with E-state index in [0.717, 1.165) is 51.8 Å². The molecule has 196 valence electrons. The Labute approximate surface area is 228 Å². The van der Waals surface area contributed by atoms with E-state index in [1.807, 2.05) is 97.5 Å². The van der Waals surface area contributed by atoms with Crippen LogP contribution in [0, 0.1) is 6.92 Å². The van der Waals surface area contributed by atoms with E-state index >= 15 is 0 Å². The average molecular weight is 539 g/mol. The number of imidazole rings is 1. The molecule has 0 atom stereocenters. The van der Waals surface area contributed by atoms with Crippen LogP contribution < -0.4 is 14.8 Å². The highest BCUT2D eigenvalue weighted by Crippen LogP contribution is 2.29. The first-order valence-corrected chi connectivity index (χ1v) is 13.2. The van der Waals surface area contributed by atoms with Gasteiger partial charge in [-0.25, -0.2) is 14.1 Å². The number of aromatic nitrogens is 4. The molecule has 6 rings (SSSR count). The predicted octanol–water partition coefficient (Wildman–Crippen LogP) is 5.11. The summed E-state index contributed by atoms with van der Waals surface area (Å²) >= 11 is 1.39. The van der Waals surface area contributed by atoms with Crippen molar-refractivity contribution in [1.82, 2.24) is 19.2 Å². The lowest BCUT2D eigenvalue weighted by Crippen LogP contribution is -2.22. The van der Waals surface area contributed by atoms with E-state index < -0.39 is 5.97 Å². The number of hydrogen-bond acceptors (Lipinski definition) is 6. The minimum Gasteiger partial charge on any atom is -0.494 e. The van der Waals surface area contributed by atoms with Crippen molar-refractivity contribution in [2.75, 3.05) is 6.61 Å². The summed E-state index contributed by atoms with van der Waals surface area (Å²) in [5.74, 6) is 0.0254. The highest BCUT2D eigenvalue weighted by molar-refractivity contribution is 7.15. The summed E-state index contributed by atoms with van der Waals surface area (Å²) in [6.45, 7) is 5.70. The molecule has 3 aromatic heterocycles. The zero-order valence-electron chi connectivity index (χ0n) is 21.7. The Hall–Kier alpha value is -4.76. The maximum absolute atomic E-state index is 13.4. The number of carbonyl (C=O) groups is 1. The van der Waals surface area contributed by atoms with Gasteiger partial charge in [-0.1, -0.05) is 41.7 Å². The normalized spacial score (nSPS) is 11.5. The third-order valence-corrected chi connectivity index (χ3v) is 6.91. The number of fused-ring (bicyclic) bond motifs is 3. The first-order chi connectivity index (χ1) is 18.9. The number of ether oxygens (including phenoxy) is 1. The van der Waals surface area contributed by atoms with Gasteiger partial charge in [0, 0.05) is 24.2 Å². The Bertz CT molecular complexity index is 1900. The molecule has 8 nitrogen and oxygen atoms in total. The van der Waals surface area contributed by atoms with Gasteiger partial charge in [0.15, 0.2) is 4.96 Å². The fourth-order valence-electron chi connectivity index (χ4n) is 4.30. The molecular weight excluding hydrogens is 512 g/mol. The zero-order valence-corrected chi connectivity index (χ0v) is 22.5. The summed E-state index contributed by atoms with van der Waals surface area (Å²) in [7, 11) is 0. The van der Waals surface area contributed by atoms with Gasteiger partial charge in [-0.15, -0.1) is 0 Å². The maximum atomic E-state index is 13.4. The van der Waals surface area contributed by atoms with Gasteiger partial charge in [0.25, 0.3) is 11.5 Å². The molecule has 1 N–H and O–H groups in total. The molecule has 3 aromatic carbocycles. The average Bonchev–Trinajstić information content (AvgIpc) is 3.59. The Morgan fingerprint density at radius 2 is 1.79 bits per heavy atom. The van der Waals surface area contributed by atoms with Crippen LogP contribution in [0.2, 0.25) is 0 Å². The number of nitrogens with zero attached hydrogens (tertiary/aromatic N) is 4. The van der Waals surface area contributed by atoms with Gasteiger partial charge in [-0.2, -0.15) is 5.10 Å². The Morgan fingerprint density at radius 1 is 1.08 bits per heavy atom. The molecule has 0 amide bonds. The van der Waals surface area contributed by atoms with Crippen molar-refractivity contribution in [1.29, 1.82) is 0 Å². The fraction of sp³-hybridized carbons (Fsp3) is 0.133. The van der Waals surface area contributed by atoms with Crippen molar-refractivity contribution in [2.24, 2.45) is 0 Å². The minimum absolute atomic E-state index is 0.0695. The molecule has 0 saturated carbocycles. The highest BCUT2D eigenvalue weighted by atomic mass is 32.1. The molecule has 0 aliphatic heterocycles. The number of rotatable bonds is 5. The largest absolute Gasteiger partial charge is 0.494 e. The van der Waals surface area contributed by atoms with Crippen LogP contribution in [0.25, 0.3) is 39.0 Å². The van der Waals surface area contributed by atoms with E-state index in [-0.39, 0.29) is 5.56 Å². The first-order valence-electron chi connectivity index (χ1n) is 12.4. The van der Waals surface area contributed by atoms with Crippen molar-refractivity contribution in [3.05, 3.63) is 105 Å². The predicted molar refractivity (Wildman–Crippen MR) is 154 cm³/mol. The monoisotopic (exact) mass is 538 g/mol. The third-order valence-electron chi connectivity index (χ3n) is 5.94. The molecule has 9 heteroatoms. The van der Waals surface area contributed by atoms with Crippen molar-refractivity contribution in [2.45, 2.75) is 20.8 Å². The number of benzene rings is 3. The summed E-state index contributed by atoms with van der Waals surface area (Å²) in [6, 6.07) is 23.7. The topological polar surface area (TPSA) is 98.7 Å². The molecule has 0 fully saturated rings. The first kappa shape index (κ1) is 25.9. The van der Waals surface area contributed by atoms with Crippen LogP contribution in [0.5, 0.6) is 5.75 Å². The molecule has 39 heavy (non-hydrogen) atoms. The lowest BCUT2D eigenvalue weighted by molar-refractivity contribution is -0.134. The molecule has 0 spiro atoms. The summed E-state index contributed by atoms with van der Waals surface area (Å²) in [5.41, 5.74) is 6.20. The van der Waals surface area contributed by atoms with Gasteiger partial charge >= 0.3 is 0 Å². The maximum Gasteiger partial charge on any atom is 0.300 e. The molecule has 0 saturated heterocycles. The molecule has 0 aliphatic carbocycles. The van der Waals surface area contributed by atoms with E-state index in [1.165, 1.54) is 11.3 Å². The van der Waals surface area contributed by atoms with Crippen LogP contribution in [0.15, 0.2) is 83.8 Å². The van der Waals surface area contributed by atoms with E-state index in [9.17, 15) is 4.79 Å². The quantitative estimate of drug-likeness (QED) is 0.328. The van der Waals surface area contributed by atoms with Crippen molar-refractivity contribution >= 4 is 39.4 Å². The van der Waals surface area contributed by atoms with Gasteiger partial charge in [0.05, 0.1) is 27.9 Å². The van der Waals surface area contributed by atoms with Crippen molar-refractivity contribution < 1.29 is 14.6 Å². The van der Waals surface area contributed by atoms with Crippen LogP contribution in [-0.2, 0) is 4.79 Å². The molecule has 0 radical (unpaired) electrons. The van der Waals surface area contributed by atoms with Gasteiger partial charge in [-0.05, 0) is 68.0 Å². The van der Waals surface area contributed by atoms with Crippen LogP contribution in [0.3, 0.4) is 0 Å². The zero-order chi connectivity index (χ0) is 27.5. The SMILES string of the molecule is CC(=O)O.CCOc1ccc(-c2nn(-c3ccccc3)cc2C=c2sc3nc4ccccc4n3c2=O)cc1C.